The fourth-order valence-electron chi connectivity index (χ4n) is 2.28. The van der Waals surface area contributed by atoms with E-state index in [-0.39, 0.29) is 0 Å². The summed E-state index contributed by atoms with van der Waals surface area (Å²) >= 11 is 0. The third kappa shape index (κ3) is 8.23. The Morgan fingerprint density at radius 1 is 1.05 bits per heavy atom. The largest absolute Gasteiger partial charge is 0.381 e. The summed E-state index contributed by atoms with van der Waals surface area (Å²) in [6.07, 6.45) is 4.82. The Morgan fingerprint density at radius 2 is 1.76 bits per heavy atom. The summed E-state index contributed by atoms with van der Waals surface area (Å²) in [5.74, 6) is 0.628. The summed E-state index contributed by atoms with van der Waals surface area (Å²) in [5.41, 5.74) is 2.83. The van der Waals surface area contributed by atoms with E-state index in [0.29, 0.717) is 12.0 Å². The fraction of sp³-hybridized carbons (Fsp3) is 0.684. The smallest absolute Gasteiger partial charge is 0.0489 e. The lowest BCUT2D eigenvalue weighted by Gasteiger charge is -2.15. The highest BCUT2D eigenvalue weighted by Gasteiger charge is 2.04. The standard InChI is InChI=1S/C19H33NO/c1-5-6-8-18-9-11-19(12-10-18)17(4)20-13-7-14-21-15-16(2)3/h9-12,16-17,20H,5-8,13-15H2,1-4H3. The number of ether oxygens (including phenoxy) is 1. The van der Waals surface area contributed by atoms with Crippen LogP contribution in [0.5, 0.6) is 0 Å². The van der Waals surface area contributed by atoms with Crippen LogP contribution < -0.4 is 5.32 Å². The molecule has 1 unspecified atom stereocenters. The molecule has 2 heteroatoms. The second-order valence-electron chi connectivity index (χ2n) is 6.34. The highest BCUT2D eigenvalue weighted by molar-refractivity contribution is 5.24. The van der Waals surface area contributed by atoms with Crippen LogP contribution in [-0.2, 0) is 11.2 Å². The summed E-state index contributed by atoms with van der Waals surface area (Å²) in [7, 11) is 0. The van der Waals surface area contributed by atoms with Crippen molar-refractivity contribution in [2.75, 3.05) is 19.8 Å². The molecule has 2 nitrogen and oxygen atoms in total. The van der Waals surface area contributed by atoms with Crippen LogP contribution in [0, 0.1) is 5.92 Å². The van der Waals surface area contributed by atoms with E-state index in [9.17, 15) is 0 Å². The number of unbranched alkanes of at least 4 members (excludes halogenated alkanes) is 1. The van der Waals surface area contributed by atoms with Crippen LogP contribution in [-0.4, -0.2) is 19.8 Å². The third-order valence-electron chi connectivity index (χ3n) is 3.67. The zero-order chi connectivity index (χ0) is 15.5. The van der Waals surface area contributed by atoms with E-state index in [2.05, 4.69) is 57.3 Å². The van der Waals surface area contributed by atoms with Crippen LogP contribution in [0.1, 0.15) is 64.1 Å². The van der Waals surface area contributed by atoms with Crippen molar-refractivity contribution in [1.82, 2.24) is 5.32 Å². The number of aryl methyl sites for hydroxylation is 1. The molecule has 0 aliphatic rings. The summed E-state index contributed by atoms with van der Waals surface area (Å²) in [5, 5.41) is 3.57. The number of hydrogen-bond donors (Lipinski definition) is 1. The molecule has 0 aromatic heterocycles. The minimum Gasteiger partial charge on any atom is -0.381 e. The van der Waals surface area contributed by atoms with Crippen LogP contribution in [0.2, 0.25) is 0 Å². The maximum absolute atomic E-state index is 5.60. The van der Waals surface area contributed by atoms with Crippen molar-refractivity contribution >= 4 is 0 Å². The van der Waals surface area contributed by atoms with Gasteiger partial charge in [-0.3, -0.25) is 0 Å². The summed E-state index contributed by atoms with van der Waals surface area (Å²) in [6.45, 7) is 11.6. The van der Waals surface area contributed by atoms with Gasteiger partial charge in [-0.25, -0.2) is 0 Å². The molecule has 0 heterocycles. The van der Waals surface area contributed by atoms with Crippen molar-refractivity contribution < 1.29 is 4.74 Å². The van der Waals surface area contributed by atoms with E-state index in [1.165, 1.54) is 30.4 Å². The van der Waals surface area contributed by atoms with E-state index in [1.807, 2.05) is 0 Å². The molecule has 0 radical (unpaired) electrons. The van der Waals surface area contributed by atoms with Crippen LogP contribution in [0.4, 0.5) is 0 Å². The van der Waals surface area contributed by atoms with Crippen LogP contribution in [0.25, 0.3) is 0 Å². The summed E-state index contributed by atoms with van der Waals surface area (Å²) in [4.78, 5) is 0. The van der Waals surface area contributed by atoms with Gasteiger partial charge in [0.15, 0.2) is 0 Å². The van der Waals surface area contributed by atoms with Crippen LogP contribution >= 0.6 is 0 Å². The van der Waals surface area contributed by atoms with Gasteiger partial charge in [0.05, 0.1) is 0 Å². The first kappa shape index (κ1) is 18.2. The Kier molecular flexibility index (Phi) is 9.36. The first-order chi connectivity index (χ1) is 10.1. The Bertz CT molecular complexity index is 358. The Morgan fingerprint density at radius 3 is 2.38 bits per heavy atom. The topological polar surface area (TPSA) is 21.3 Å². The van der Waals surface area contributed by atoms with Gasteiger partial charge in [-0.2, -0.15) is 0 Å². The van der Waals surface area contributed by atoms with Crippen molar-refractivity contribution in [1.29, 1.82) is 0 Å². The molecule has 21 heavy (non-hydrogen) atoms. The van der Waals surface area contributed by atoms with Gasteiger partial charge < -0.3 is 10.1 Å². The molecule has 0 aliphatic carbocycles. The second kappa shape index (κ2) is 10.8. The van der Waals surface area contributed by atoms with Crippen molar-refractivity contribution in [2.45, 2.75) is 59.4 Å². The third-order valence-corrected chi connectivity index (χ3v) is 3.67. The molecule has 1 aromatic rings. The molecule has 1 aromatic carbocycles. The van der Waals surface area contributed by atoms with Gasteiger partial charge in [0.1, 0.15) is 0 Å². The highest BCUT2D eigenvalue weighted by Crippen LogP contribution is 2.14. The van der Waals surface area contributed by atoms with E-state index in [4.69, 9.17) is 4.74 Å². The Balaban J connectivity index is 2.20. The second-order valence-corrected chi connectivity index (χ2v) is 6.34. The fourth-order valence-corrected chi connectivity index (χ4v) is 2.28. The monoisotopic (exact) mass is 291 g/mol. The first-order valence-electron chi connectivity index (χ1n) is 8.53. The molecule has 1 atom stereocenters. The lowest BCUT2D eigenvalue weighted by atomic mass is 10.0. The molecule has 0 fully saturated rings. The van der Waals surface area contributed by atoms with Gasteiger partial charge in [-0.1, -0.05) is 51.5 Å². The van der Waals surface area contributed by atoms with E-state index in [1.54, 1.807) is 0 Å². The van der Waals surface area contributed by atoms with Gasteiger partial charge in [-0.05, 0) is 49.8 Å². The summed E-state index contributed by atoms with van der Waals surface area (Å²) in [6, 6.07) is 9.48. The maximum atomic E-state index is 5.60. The zero-order valence-electron chi connectivity index (χ0n) is 14.3. The Hall–Kier alpha value is -0.860. The Labute approximate surface area is 131 Å². The van der Waals surface area contributed by atoms with Gasteiger partial charge in [-0.15, -0.1) is 0 Å². The number of hydrogen-bond acceptors (Lipinski definition) is 2. The molecule has 0 amide bonds. The van der Waals surface area contributed by atoms with Crippen molar-refractivity contribution in [2.24, 2.45) is 5.92 Å². The lowest BCUT2D eigenvalue weighted by Crippen LogP contribution is -2.21. The van der Waals surface area contributed by atoms with Crippen molar-refractivity contribution in [3.05, 3.63) is 35.4 Å². The van der Waals surface area contributed by atoms with Gasteiger partial charge in [0.2, 0.25) is 0 Å². The lowest BCUT2D eigenvalue weighted by molar-refractivity contribution is 0.107. The van der Waals surface area contributed by atoms with Crippen molar-refractivity contribution in [3.8, 4) is 0 Å². The minimum absolute atomic E-state index is 0.412. The first-order valence-corrected chi connectivity index (χ1v) is 8.53. The molecule has 0 aliphatic heterocycles. The number of benzene rings is 1. The van der Waals surface area contributed by atoms with Gasteiger partial charge in [0, 0.05) is 19.3 Å². The molecule has 0 spiro atoms. The van der Waals surface area contributed by atoms with Gasteiger partial charge in [0.25, 0.3) is 0 Å². The van der Waals surface area contributed by atoms with Crippen LogP contribution in [0.15, 0.2) is 24.3 Å². The number of rotatable bonds is 11. The van der Waals surface area contributed by atoms with Crippen molar-refractivity contribution in [3.63, 3.8) is 0 Å². The molecule has 120 valence electrons. The van der Waals surface area contributed by atoms with E-state index >= 15 is 0 Å². The molecular weight excluding hydrogens is 258 g/mol. The zero-order valence-corrected chi connectivity index (χ0v) is 14.3. The van der Waals surface area contributed by atoms with E-state index in [0.717, 1.165) is 26.2 Å². The molecule has 0 saturated heterocycles. The predicted molar refractivity (Wildman–Crippen MR) is 91.7 cm³/mol. The molecule has 1 rings (SSSR count). The molecule has 1 N–H and O–H groups in total. The summed E-state index contributed by atoms with van der Waals surface area (Å²) < 4.78 is 5.60. The predicted octanol–water partition coefficient (Wildman–Crippen LogP) is 4.74. The average molecular weight is 291 g/mol. The highest BCUT2D eigenvalue weighted by atomic mass is 16.5. The van der Waals surface area contributed by atoms with Crippen LogP contribution in [0.3, 0.4) is 0 Å². The maximum Gasteiger partial charge on any atom is 0.0489 e. The number of nitrogens with one attached hydrogen (secondary N) is 1. The van der Waals surface area contributed by atoms with Gasteiger partial charge >= 0.3 is 0 Å². The SMILES string of the molecule is CCCCc1ccc(C(C)NCCCOCC(C)C)cc1. The van der Waals surface area contributed by atoms with E-state index < -0.39 is 0 Å². The average Bonchev–Trinajstić information content (AvgIpc) is 2.48. The molecule has 0 saturated carbocycles. The molecular formula is C19H33NO. The quantitative estimate of drug-likeness (QED) is 0.594. The molecule has 0 bridgehead atoms. The minimum atomic E-state index is 0.412. The normalized spacial score (nSPS) is 12.8.